The molecule has 1 aliphatic carbocycles. The number of hydrogen-bond acceptors (Lipinski definition) is 7. The van der Waals surface area contributed by atoms with Crippen molar-refractivity contribution in [1.82, 2.24) is 0 Å². The summed E-state index contributed by atoms with van der Waals surface area (Å²) in [5, 5.41) is 30.8. The maximum Gasteiger partial charge on any atom is 0.167 e. The molecular weight excluding hydrogens is 510 g/mol. The van der Waals surface area contributed by atoms with Crippen LogP contribution in [0.15, 0.2) is 30.3 Å². The van der Waals surface area contributed by atoms with Gasteiger partial charge in [-0.3, -0.25) is 14.4 Å². The molecule has 2 aromatic rings. The Bertz CT molecular complexity index is 1180. The van der Waals surface area contributed by atoms with Crippen LogP contribution in [0, 0.1) is 24.7 Å². The van der Waals surface area contributed by atoms with E-state index in [-0.39, 0.29) is 62.7 Å². The predicted molar refractivity (Wildman–Crippen MR) is 160 cm³/mol. The quantitative estimate of drug-likeness (QED) is 0.298. The molecule has 0 heterocycles. The first-order valence-electron chi connectivity index (χ1n) is 13.9. The van der Waals surface area contributed by atoms with Gasteiger partial charge in [-0.25, -0.2) is 0 Å². The van der Waals surface area contributed by atoms with Crippen LogP contribution in [0.4, 0.5) is 5.69 Å². The van der Waals surface area contributed by atoms with E-state index in [0.717, 1.165) is 29.7 Å². The third-order valence-corrected chi connectivity index (χ3v) is 7.96. The Morgan fingerprint density at radius 3 is 2.35 bits per heavy atom. The summed E-state index contributed by atoms with van der Waals surface area (Å²) in [7, 11) is 3.85. The molecule has 0 saturated heterocycles. The number of aryl methyl sites for hydroxylation is 3. The van der Waals surface area contributed by atoms with E-state index in [1.54, 1.807) is 0 Å². The first-order chi connectivity index (χ1) is 18.5. The fourth-order valence-electron chi connectivity index (χ4n) is 5.95. The molecule has 8 nitrogen and oxygen atoms in total. The summed E-state index contributed by atoms with van der Waals surface area (Å²) in [4.78, 5) is 39.6. The summed E-state index contributed by atoms with van der Waals surface area (Å²) in [6.45, 7) is 2.85. The number of nitrogens with zero attached hydrogens (tertiary/aromatic N) is 1. The Kier molecular flexibility index (Phi) is 12.5. The summed E-state index contributed by atoms with van der Waals surface area (Å²) in [5.41, 5.74) is 5.33. The van der Waals surface area contributed by atoms with Crippen molar-refractivity contribution in [3.63, 3.8) is 0 Å². The zero-order valence-electron chi connectivity index (χ0n) is 24.2. The average molecular weight is 560 g/mol. The number of phenols is 1. The van der Waals surface area contributed by atoms with Gasteiger partial charge in [0.15, 0.2) is 5.78 Å². The van der Waals surface area contributed by atoms with E-state index in [2.05, 4.69) is 31.2 Å². The van der Waals surface area contributed by atoms with Crippen LogP contribution >= 0.6 is 0 Å². The molecule has 40 heavy (non-hydrogen) atoms. The van der Waals surface area contributed by atoms with Crippen LogP contribution in [0.25, 0.3) is 0 Å². The maximum atomic E-state index is 13.4. The van der Waals surface area contributed by atoms with Gasteiger partial charge in [0.2, 0.25) is 0 Å². The highest BCUT2D eigenvalue weighted by Crippen LogP contribution is 2.42. The summed E-state index contributed by atoms with van der Waals surface area (Å²) in [6.07, 6.45) is 3.67. The number of phenolic OH excluding ortho intramolecular Hbond substituents is 1. The highest BCUT2D eigenvalue weighted by Gasteiger charge is 2.35. The molecule has 224 valence electrons. The topological polar surface area (TPSA) is 147 Å². The van der Waals surface area contributed by atoms with Gasteiger partial charge in [0.05, 0.1) is 18.6 Å². The number of aromatic hydroxyl groups is 1. The average Bonchev–Trinajstić information content (AvgIpc) is 2.86. The largest absolute Gasteiger partial charge is 0.507 e. The van der Waals surface area contributed by atoms with Crippen molar-refractivity contribution in [3.8, 4) is 5.75 Å². The van der Waals surface area contributed by atoms with Crippen LogP contribution in [0.1, 0.15) is 74.5 Å². The van der Waals surface area contributed by atoms with E-state index in [9.17, 15) is 29.7 Å². The number of rotatable bonds is 14. The number of carbonyl (C=O) groups is 3. The molecule has 3 atom stereocenters. The molecule has 0 aromatic heterocycles. The minimum atomic E-state index is -0.754. The lowest BCUT2D eigenvalue weighted by Crippen LogP contribution is -2.33. The van der Waals surface area contributed by atoms with Crippen molar-refractivity contribution in [3.05, 3.63) is 58.1 Å². The second-order valence-corrected chi connectivity index (χ2v) is 11.3. The van der Waals surface area contributed by atoms with Crippen LogP contribution in [0.5, 0.6) is 5.75 Å². The molecular formula is C32H49NO7. The number of anilines is 1. The van der Waals surface area contributed by atoms with Crippen molar-refractivity contribution in [2.45, 2.75) is 65.2 Å². The summed E-state index contributed by atoms with van der Waals surface area (Å²) >= 11 is 0. The number of carbonyl (C=O) groups excluding carboxylic acids is 3. The zero-order chi connectivity index (χ0) is 28.7. The predicted octanol–water partition coefficient (Wildman–Crippen LogP) is 3.90. The summed E-state index contributed by atoms with van der Waals surface area (Å²) in [5.74, 6) is -1.85. The highest BCUT2D eigenvalue weighted by molar-refractivity contribution is 6.03. The van der Waals surface area contributed by atoms with Crippen LogP contribution in [-0.2, 0) is 28.9 Å². The first-order valence-corrected chi connectivity index (χ1v) is 13.9. The van der Waals surface area contributed by atoms with Gasteiger partial charge in [0.1, 0.15) is 17.3 Å². The number of hydrogen-bond donors (Lipinski definition) is 3. The van der Waals surface area contributed by atoms with Crippen molar-refractivity contribution in [1.29, 1.82) is 0 Å². The molecule has 3 rings (SSSR count). The number of aliphatic hydroxyl groups excluding tert-OH is 2. The van der Waals surface area contributed by atoms with Gasteiger partial charge < -0.3 is 25.7 Å². The lowest BCUT2D eigenvalue weighted by atomic mass is 9.73. The molecule has 0 saturated carbocycles. The molecule has 3 unspecified atom stereocenters. The van der Waals surface area contributed by atoms with Gasteiger partial charge >= 0.3 is 0 Å². The zero-order valence-corrected chi connectivity index (χ0v) is 24.2. The monoisotopic (exact) mass is 559 g/mol. The van der Waals surface area contributed by atoms with Crippen LogP contribution < -0.4 is 4.90 Å². The van der Waals surface area contributed by atoms with Gasteiger partial charge in [0, 0.05) is 41.6 Å². The fourth-order valence-corrected chi connectivity index (χ4v) is 5.95. The number of Topliss-reactive ketones (excluding diaryl/α,β-unsaturated/α-hetero) is 3. The van der Waals surface area contributed by atoms with E-state index in [1.165, 1.54) is 18.1 Å². The van der Waals surface area contributed by atoms with E-state index < -0.39 is 12.5 Å². The SMILES string of the molecule is CC(=O)CC(=O)C(CO)C(CCO)CC1CC(=O)c2c(O)c(CCCc3ccc(C)cc3)cc(N(C)C)c2C1.O.[HH].[HH]. The Morgan fingerprint density at radius 2 is 1.77 bits per heavy atom. The fraction of sp³-hybridized carbons (Fsp3) is 0.531. The molecule has 1 aliphatic rings. The Hall–Kier alpha value is -3.07. The van der Waals surface area contributed by atoms with Gasteiger partial charge in [0.25, 0.3) is 0 Å². The molecule has 0 bridgehead atoms. The molecule has 0 radical (unpaired) electrons. The lowest BCUT2D eigenvalue weighted by Gasteiger charge is -2.33. The highest BCUT2D eigenvalue weighted by atomic mass is 16.3. The van der Waals surface area contributed by atoms with Crippen LogP contribution in [0.2, 0.25) is 0 Å². The van der Waals surface area contributed by atoms with E-state index in [0.29, 0.717) is 31.2 Å². The van der Waals surface area contributed by atoms with Gasteiger partial charge in [-0.2, -0.15) is 0 Å². The molecule has 0 amide bonds. The first kappa shape index (κ1) is 33.1. The van der Waals surface area contributed by atoms with Crippen molar-refractivity contribution in [2.75, 3.05) is 32.2 Å². The number of fused-ring (bicyclic) bond motifs is 1. The number of benzene rings is 2. The summed E-state index contributed by atoms with van der Waals surface area (Å²) in [6, 6.07) is 10.4. The molecule has 0 spiro atoms. The smallest absolute Gasteiger partial charge is 0.167 e. The normalized spacial score (nSPS) is 16.1. The molecule has 8 heteroatoms. The lowest BCUT2D eigenvalue weighted by molar-refractivity contribution is -0.131. The maximum absolute atomic E-state index is 13.4. The molecule has 0 fully saturated rings. The second kappa shape index (κ2) is 15.1. The van der Waals surface area contributed by atoms with Crippen molar-refractivity contribution in [2.24, 2.45) is 17.8 Å². The minimum absolute atomic E-state index is 0. The number of aliphatic hydroxyl groups is 2. The second-order valence-electron chi connectivity index (χ2n) is 11.3. The Balaban J connectivity index is 0.00000560. The Morgan fingerprint density at radius 1 is 1.10 bits per heavy atom. The molecule has 5 N–H and O–H groups in total. The minimum Gasteiger partial charge on any atom is -0.507 e. The molecule has 0 aliphatic heterocycles. The van der Waals surface area contributed by atoms with Gasteiger partial charge in [-0.15, -0.1) is 0 Å². The third-order valence-electron chi connectivity index (χ3n) is 7.96. The number of ketones is 3. The van der Waals surface area contributed by atoms with Gasteiger partial charge in [-0.05, 0) is 87.0 Å². The van der Waals surface area contributed by atoms with E-state index >= 15 is 0 Å². The van der Waals surface area contributed by atoms with Gasteiger partial charge in [-0.1, -0.05) is 29.8 Å². The van der Waals surface area contributed by atoms with E-state index in [1.807, 2.05) is 25.1 Å². The van der Waals surface area contributed by atoms with Crippen LogP contribution in [0.3, 0.4) is 0 Å². The third kappa shape index (κ3) is 8.22. The molecule has 2 aromatic carbocycles. The van der Waals surface area contributed by atoms with Crippen LogP contribution in [-0.4, -0.2) is 65.5 Å². The van der Waals surface area contributed by atoms with Crippen molar-refractivity contribution >= 4 is 23.0 Å². The Labute approximate surface area is 240 Å². The standard InChI is InChI=1S/C32H43NO6.H2O.2H2/c1-20-8-10-22(11-9-20)6-5-7-25-18-28(33(3)4)26-16-23(17-30(38)31(26)32(25)39)15-24(12-13-34)27(19-35)29(37)14-21(2)36;;;/h8-11,18,23-24,27,34-35,39H,5-7,12-17,19H2,1-4H3;1H2;2*1H. The van der Waals surface area contributed by atoms with Crippen molar-refractivity contribution < 1.29 is 38.0 Å². The summed E-state index contributed by atoms with van der Waals surface area (Å²) < 4.78 is 0. The van der Waals surface area contributed by atoms with E-state index in [4.69, 9.17) is 0 Å².